The Morgan fingerprint density at radius 1 is 0.393 bits per heavy atom. The van der Waals surface area contributed by atoms with E-state index in [9.17, 15) is 0 Å². The van der Waals surface area contributed by atoms with Gasteiger partial charge in [0.05, 0.1) is 72.6 Å². The molecule has 6 nitrogen and oxygen atoms in total. The zero-order chi connectivity index (χ0) is 38.6. The molecule has 56 heavy (non-hydrogen) atoms. The molecule has 5 aromatic rings. The number of quaternary nitrogens is 1. The summed E-state index contributed by atoms with van der Waals surface area (Å²) in [4.78, 5) is 1.50. The Hall–Kier alpha value is -1.28. The summed E-state index contributed by atoms with van der Waals surface area (Å²) in [6, 6.07) is 42.7. The van der Waals surface area contributed by atoms with Gasteiger partial charge in [-0.3, -0.25) is 0 Å². The maximum atomic E-state index is 6.22. The minimum absolute atomic E-state index is 0. The number of ether oxygens (including phenoxy) is 5. The van der Waals surface area contributed by atoms with Crippen molar-refractivity contribution in [1.29, 1.82) is 0 Å². The van der Waals surface area contributed by atoms with Gasteiger partial charge in [0.2, 0.25) is 0 Å². The molecule has 0 unspecified atom stereocenters. The first-order chi connectivity index (χ1) is 26.9. The van der Waals surface area contributed by atoms with Crippen LogP contribution >= 0.6 is 46.4 Å². The molecule has 0 spiro atoms. The van der Waals surface area contributed by atoms with Gasteiger partial charge in [0.15, 0.2) is 0 Å². The van der Waals surface area contributed by atoms with Gasteiger partial charge in [0, 0.05) is 26.5 Å². The van der Waals surface area contributed by atoms with E-state index in [1.165, 1.54) is 10.5 Å². The second kappa shape index (κ2) is 26.7. The first kappa shape index (κ1) is 47.4. The molecule has 1 heterocycles. The molecule has 6 rings (SSSR count). The van der Waals surface area contributed by atoms with E-state index in [4.69, 9.17) is 70.1 Å². The van der Waals surface area contributed by atoms with Crippen molar-refractivity contribution in [1.82, 2.24) is 0 Å². The average Bonchev–Trinajstić information content (AvgIpc) is 3.21. The van der Waals surface area contributed by atoms with Crippen molar-refractivity contribution in [3.8, 4) is 0 Å². The van der Waals surface area contributed by atoms with Gasteiger partial charge in [-0.2, -0.15) is 21.9 Å². The van der Waals surface area contributed by atoms with Gasteiger partial charge in [-0.05, 0) is 54.1 Å². The molecule has 0 amide bonds. The van der Waals surface area contributed by atoms with Crippen molar-refractivity contribution < 1.29 is 80.0 Å². The summed E-state index contributed by atoms with van der Waals surface area (Å²) in [7, 11) is 0. The fourth-order valence-electron chi connectivity index (χ4n) is 6.92. The second-order valence-corrected chi connectivity index (χ2v) is 15.1. The Kier molecular flexibility index (Phi) is 22.6. The van der Waals surface area contributed by atoms with Gasteiger partial charge in [0.25, 0.3) is 0 Å². The number of nitrogens with one attached hydrogen (secondary N) is 1. The molecule has 1 saturated heterocycles. The Labute approximate surface area is 395 Å². The van der Waals surface area contributed by atoms with Crippen LogP contribution in [0.4, 0.5) is 0 Å². The van der Waals surface area contributed by atoms with Gasteiger partial charge in [-0.1, -0.05) is 125 Å². The molecule has 292 valence electrons. The smallest absolute Gasteiger partial charge is 0.377 e. The molecular formula is C44H50BCl4KNO5+. The standard InChI is InChI=1S/C24H16BCl4.C20H33NO5.K/c26-21-9-1-17(2-10-21)25(18-3-11-22(27)12-4-18,19-5-13-23(28)14-6-19)20-7-15-24(29)16-8-20;1-2-4-20(5-3-1)6-7-21-8-10-22-12-14-24-16-18-26-19-17-25-15-13-23-11-9-21;/h1-16H;1-5H,6-19H2;/q-1;;+1/p+1. The van der Waals surface area contributed by atoms with Crippen LogP contribution in [0.1, 0.15) is 5.56 Å². The van der Waals surface area contributed by atoms with Crippen LogP contribution in [0.15, 0.2) is 127 Å². The molecule has 1 aliphatic heterocycles. The summed E-state index contributed by atoms with van der Waals surface area (Å²) in [6.45, 7) is 9.41. The third-order valence-corrected chi connectivity index (χ3v) is 10.8. The summed E-state index contributed by atoms with van der Waals surface area (Å²) in [6.07, 6.45) is -0.436. The number of halogens is 4. The molecule has 0 aromatic heterocycles. The van der Waals surface area contributed by atoms with Crippen LogP contribution in [0, 0.1) is 0 Å². The Balaban J connectivity index is 0.000000246. The third-order valence-electron chi connectivity index (χ3n) is 9.78. The maximum Gasteiger partial charge on any atom is 1.00 e. The second-order valence-electron chi connectivity index (χ2n) is 13.4. The SMILES string of the molecule is Clc1ccc([B-](c2ccc(Cl)cc2)(c2ccc(Cl)cc2)c2ccc(Cl)cc2)cc1.[K+].c1ccc(CC[NH+]2CCOCCOCCOCCOCCOCC2)cc1. The van der Waals surface area contributed by atoms with E-state index >= 15 is 0 Å². The van der Waals surface area contributed by atoms with Gasteiger partial charge in [-0.15, -0.1) is 0 Å². The first-order valence-electron chi connectivity index (χ1n) is 18.9. The van der Waals surface area contributed by atoms with Crippen LogP contribution in [-0.4, -0.2) is 91.8 Å². The summed E-state index contributed by atoms with van der Waals surface area (Å²) in [5.74, 6) is 0. The Bertz CT molecular complexity index is 1590. The van der Waals surface area contributed by atoms with Gasteiger partial charge < -0.3 is 28.6 Å². The number of rotatable bonds is 7. The number of benzene rings is 5. The third kappa shape index (κ3) is 15.4. The normalized spacial score (nSPS) is 15.6. The van der Waals surface area contributed by atoms with Crippen molar-refractivity contribution in [2.75, 3.05) is 85.7 Å². The number of hydrogen-bond donors (Lipinski definition) is 1. The largest absolute Gasteiger partial charge is 1.00 e. The first-order valence-corrected chi connectivity index (χ1v) is 20.4. The molecule has 0 aliphatic carbocycles. The monoisotopic (exact) mass is 862 g/mol. The summed E-state index contributed by atoms with van der Waals surface area (Å²) < 4.78 is 27.8. The Morgan fingerprint density at radius 3 is 0.982 bits per heavy atom. The van der Waals surface area contributed by atoms with Crippen molar-refractivity contribution in [2.45, 2.75) is 6.42 Å². The van der Waals surface area contributed by atoms with E-state index in [0.717, 1.165) is 61.1 Å². The molecule has 0 saturated carbocycles. The van der Waals surface area contributed by atoms with Crippen molar-refractivity contribution in [3.63, 3.8) is 0 Å². The minimum atomic E-state index is -1.51. The Morgan fingerprint density at radius 2 is 0.679 bits per heavy atom. The van der Waals surface area contributed by atoms with E-state index in [0.29, 0.717) is 72.9 Å². The predicted octanol–water partition coefficient (Wildman–Crippen LogP) is 2.89. The molecule has 1 aliphatic rings. The molecule has 0 atom stereocenters. The molecule has 1 N–H and O–H groups in total. The van der Waals surface area contributed by atoms with Crippen LogP contribution < -0.4 is 78.1 Å². The van der Waals surface area contributed by atoms with E-state index in [1.54, 1.807) is 0 Å². The molecular weight excluding hydrogens is 814 g/mol. The van der Waals surface area contributed by atoms with Gasteiger partial charge in [0.1, 0.15) is 19.2 Å². The van der Waals surface area contributed by atoms with E-state index < -0.39 is 6.15 Å². The van der Waals surface area contributed by atoms with E-state index in [1.807, 2.05) is 48.5 Å². The van der Waals surface area contributed by atoms with Crippen LogP contribution in [0.3, 0.4) is 0 Å². The fourth-order valence-corrected chi connectivity index (χ4v) is 7.42. The van der Waals surface area contributed by atoms with E-state index in [2.05, 4.69) is 78.9 Å². The zero-order valence-corrected chi connectivity index (χ0v) is 38.3. The topological polar surface area (TPSA) is 50.6 Å². The van der Waals surface area contributed by atoms with Crippen molar-refractivity contribution in [3.05, 3.63) is 153 Å². The average molecular weight is 865 g/mol. The maximum absolute atomic E-state index is 6.22. The number of hydrogen-bond acceptors (Lipinski definition) is 5. The molecule has 12 heteroatoms. The molecule has 0 bridgehead atoms. The summed E-state index contributed by atoms with van der Waals surface area (Å²) in [5, 5.41) is 2.78. The summed E-state index contributed by atoms with van der Waals surface area (Å²) in [5.41, 5.74) is 5.94. The predicted molar refractivity (Wildman–Crippen MR) is 230 cm³/mol. The molecule has 5 aromatic carbocycles. The van der Waals surface area contributed by atoms with Crippen LogP contribution in [0.5, 0.6) is 0 Å². The summed E-state index contributed by atoms with van der Waals surface area (Å²) >= 11 is 24.9. The van der Waals surface area contributed by atoms with Crippen molar-refractivity contribution in [2.24, 2.45) is 0 Å². The van der Waals surface area contributed by atoms with Crippen LogP contribution in [0.25, 0.3) is 0 Å². The van der Waals surface area contributed by atoms with E-state index in [-0.39, 0.29) is 51.4 Å². The molecule has 0 radical (unpaired) electrons. The quantitative estimate of drug-likeness (QED) is 0.256. The van der Waals surface area contributed by atoms with Crippen LogP contribution in [-0.2, 0) is 30.1 Å². The van der Waals surface area contributed by atoms with Gasteiger partial charge in [-0.25, -0.2) is 0 Å². The fraction of sp³-hybridized carbons (Fsp3) is 0.318. The van der Waals surface area contributed by atoms with Crippen molar-refractivity contribution >= 4 is 74.4 Å². The van der Waals surface area contributed by atoms with Gasteiger partial charge >= 0.3 is 51.4 Å². The zero-order valence-electron chi connectivity index (χ0n) is 32.2. The van der Waals surface area contributed by atoms with Crippen LogP contribution in [0.2, 0.25) is 20.1 Å². The molecule has 1 fully saturated rings. The minimum Gasteiger partial charge on any atom is -0.377 e.